The van der Waals surface area contributed by atoms with Gasteiger partial charge in [-0.3, -0.25) is 4.21 Å². The average molecular weight is 469 g/mol. The van der Waals surface area contributed by atoms with Gasteiger partial charge in [-0.05, 0) is 84.4 Å². The zero-order valence-electron chi connectivity index (χ0n) is 19.8. The first-order valence-corrected chi connectivity index (χ1v) is 14.5. The molecule has 31 heavy (non-hydrogen) atoms. The van der Waals surface area contributed by atoms with Gasteiger partial charge in [0.1, 0.15) is 0 Å². The molecule has 0 spiro atoms. The molecule has 176 valence electrons. The van der Waals surface area contributed by atoms with Gasteiger partial charge in [-0.1, -0.05) is 30.3 Å². The number of fused-ring (bicyclic) bond motifs is 2. The lowest BCUT2D eigenvalue weighted by molar-refractivity contribution is 0.152. The van der Waals surface area contributed by atoms with Crippen LogP contribution in [0.2, 0.25) is 0 Å². The molecule has 1 aromatic carbocycles. The maximum Gasteiger partial charge on any atom is 0.215 e. The first kappa shape index (κ1) is 24.9. The van der Waals surface area contributed by atoms with Crippen LogP contribution >= 0.6 is 0 Å². The molecule has 0 saturated carbocycles. The van der Waals surface area contributed by atoms with E-state index in [1.54, 1.807) is 0 Å². The number of sulfonamides is 1. The molecule has 1 aromatic rings. The van der Waals surface area contributed by atoms with E-state index in [2.05, 4.69) is 24.3 Å². The topological polar surface area (TPSA) is 57.7 Å². The lowest BCUT2D eigenvalue weighted by Crippen LogP contribution is -2.50. The molecule has 2 bridgehead atoms. The van der Waals surface area contributed by atoms with Crippen molar-refractivity contribution < 1.29 is 12.6 Å². The van der Waals surface area contributed by atoms with Crippen LogP contribution in [0.4, 0.5) is 0 Å². The van der Waals surface area contributed by atoms with Crippen LogP contribution in [-0.4, -0.2) is 70.8 Å². The number of nitrogens with zero attached hydrogens (tertiary/aromatic N) is 2. The maximum atomic E-state index is 13.1. The third-order valence-corrected chi connectivity index (χ3v) is 10.9. The van der Waals surface area contributed by atoms with Crippen LogP contribution in [0.15, 0.2) is 30.3 Å². The van der Waals surface area contributed by atoms with Gasteiger partial charge in [0.2, 0.25) is 10.0 Å². The zero-order chi connectivity index (χ0) is 22.8. The summed E-state index contributed by atoms with van der Waals surface area (Å²) in [6.07, 6.45) is 4.64. The van der Waals surface area contributed by atoms with Crippen LogP contribution in [-0.2, 0) is 27.2 Å². The van der Waals surface area contributed by atoms with E-state index in [0.29, 0.717) is 24.1 Å². The second-order valence-corrected chi connectivity index (χ2v) is 14.9. The van der Waals surface area contributed by atoms with Crippen molar-refractivity contribution in [2.45, 2.75) is 69.7 Å². The molecule has 5 nitrogen and oxygen atoms in total. The molecule has 2 heterocycles. The highest BCUT2D eigenvalue weighted by atomic mass is 32.2. The van der Waals surface area contributed by atoms with E-state index < -0.39 is 20.8 Å². The highest BCUT2D eigenvalue weighted by molar-refractivity contribution is 7.89. The Kier molecular flexibility index (Phi) is 8.04. The van der Waals surface area contributed by atoms with E-state index in [9.17, 15) is 12.6 Å². The van der Waals surface area contributed by atoms with Gasteiger partial charge in [-0.15, -0.1) is 0 Å². The molecule has 2 saturated heterocycles. The maximum absolute atomic E-state index is 13.1. The molecular weight excluding hydrogens is 428 g/mol. The van der Waals surface area contributed by atoms with Gasteiger partial charge in [0.25, 0.3) is 0 Å². The Balaban J connectivity index is 1.76. The second-order valence-electron chi connectivity index (χ2n) is 10.6. The van der Waals surface area contributed by atoms with Gasteiger partial charge >= 0.3 is 0 Å². The number of hydrogen-bond donors (Lipinski definition) is 0. The van der Waals surface area contributed by atoms with Crippen molar-refractivity contribution in [3.63, 3.8) is 0 Å². The Bertz CT molecular complexity index is 835. The van der Waals surface area contributed by atoms with Gasteiger partial charge in [0, 0.05) is 39.9 Å². The van der Waals surface area contributed by atoms with E-state index in [0.717, 1.165) is 32.1 Å². The third kappa shape index (κ3) is 6.40. The average Bonchev–Trinajstić information content (AvgIpc) is 2.97. The lowest BCUT2D eigenvalue weighted by Gasteiger charge is -2.41. The van der Waals surface area contributed by atoms with Crippen LogP contribution in [0.1, 0.15) is 52.0 Å². The van der Waals surface area contributed by atoms with Crippen molar-refractivity contribution in [3.05, 3.63) is 35.9 Å². The first-order valence-electron chi connectivity index (χ1n) is 11.6. The predicted molar refractivity (Wildman–Crippen MR) is 130 cm³/mol. The summed E-state index contributed by atoms with van der Waals surface area (Å²) in [6, 6.07) is 10.7. The Hall–Kier alpha value is -0.760. The van der Waals surface area contributed by atoms with Gasteiger partial charge in [-0.25, -0.2) is 8.42 Å². The van der Waals surface area contributed by atoms with E-state index in [1.807, 2.05) is 50.1 Å². The highest BCUT2D eigenvalue weighted by Crippen LogP contribution is 2.44. The van der Waals surface area contributed by atoms with Gasteiger partial charge in [-0.2, -0.15) is 4.31 Å². The minimum atomic E-state index is -3.24. The zero-order valence-corrected chi connectivity index (χ0v) is 21.4. The second kappa shape index (κ2) is 10.0. The Morgan fingerprint density at radius 2 is 1.68 bits per heavy atom. The van der Waals surface area contributed by atoms with Crippen molar-refractivity contribution in [1.82, 2.24) is 9.21 Å². The molecule has 0 aromatic heterocycles. The number of hydrogen-bond acceptors (Lipinski definition) is 4. The lowest BCUT2D eigenvalue weighted by atomic mass is 9.79. The van der Waals surface area contributed by atoms with Crippen molar-refractivity contribution in [3.8, 4) is 0 Å². The summed E-state index contributed by atoms with van der Waals surface area (Å²) < 4.78 is 40.8. The fourth-order valence-electron chi connectivity index (χ4n) is 5.14. The number of benzene rings is 1. The Morgan fingerprint density at radius 1 is 1.10 bits per heavy atom. The minimum Gasteiger partial charge on any atom is -0.308 e. The third-order valence-electron chi connectivity index (χ3n) is 6.88. The summed E-state index contributed by atoms with van der Waals surface area (Å²) in [5.41, 5.74) is 1.28. The van der Waals surface area contributed by atoms with Crippen molar-refractivity contribution in [2.75, 3.05) is 32.1 Å². The van der Waals surface area contributed by atoms with Gasteiger partial charge in [0.15, 0.2) is 0 Å². The molecule has 2 aliphatic rings. The SMILES string of the molecule is CN(C)CCS(=O)(=O)N1[C@@H]2CC[C@H]1CC([C@H](Cc1ccccc1)C[S@@](=O)C(C)(C)C)C2. The molecule has 5 atom stereocenters. The quantitative estimate of drug-likeness (QED) is 0.556. The highest BCUT2D eigenvalue weighted by Gasteiger charge is 2.48. The van der Waals surface area contributed by atoms with E-state index >= 15 is 0 Å². The predicted octanol–water partition coefficient (Wildman–Crippen LogP) is 3.53. The molecule has 0 N–H and O–H groups in total. The van der Waals surface area contributed by atoms with Crippen molar-refractivity contribution in [1.29, 1.82) is 0 Å². The number of piperidine rings is 1. The summed E-state index contributed by atoms with van der Waals surface area (Å²) in [6.45, 7) is 6.70. The Labute approximate surface area is 192 Å². The van der Waals surface area contributed by atoms with E-state index in [-0.39, 0.29) is 22.6 Å². The standard InChI is InChI=1S/C24H40N2O3S2/c1-24(2,3)30(27)18-21(15-19-9-7-6-8-10-19)20-16-22-11-12-23(17-20)26(22)31(28,29)14-13-25(4)5/h6-10,20-23H,11-18H2,1-5H3/t20?,21-,22-,23+,30-/m1/s1. The Morgan fingerprint density at radius 3 is 2.19 bits per heavy atom. The van der Waals surface area contributed by atoms with E-state index in [4.69, 9.17) is 0 Å². The van der Waals surface area contributed by atoms with Gasteiger partial charge in [0.05, 0.1) is 5.75 Å². The smallest absolute Gasteiger partial charge is 0.215 e. The van der Waals surface area contributed by atoms with Gasteiger partial charge < -0.3 is 4.90 Å². The summed E-state index contributed by atoms with van der Waals surface area (Å²) in [4.78, 5) is 1.93. The molecular formula is C24H40N2O3S2. The van der Waals surface area contributed by atoms with E-state index in [1.165, 1.54) is 5.56 Å². The summed E-state index contributed by atoms with van der Waals surface area (Å²) in [5, 5.41) is 0. The molecule has 2 fully saturated rings. The molecule has 1 unspecified atom stereocenters. The molecule has 2 aliphatic heterocycles. The summed E-state index contributed by atoms with van der Waals surface area (Å²) >= 11 is 0. The summed E-state index contributed by atoms with van der Waals surface area (Å²) in [5.74, 6) is 1.62. The molecule has 3 rings (SSSR count). The fraction of sp³-hybridized carbons (Fsp3) is 0.750. The minimum absolute atomic E-state index is 0.109. The molecule has 0 radical (unpaired) electrons. The van der Waals surface area contributed by atoms with Crippen molar-refractivity contribution >= 4 is 20.8 Å². The first-order chi connectivity index (χ1) is 14.5. The van der Waals surface area contributed by atoms with Crippen LogP contribution in [0.25, 0.3) is 0 Å². The van der Waals surface area contributed by atoms with Crippen LogP contribution in [0.3, 0.4) is 0 Å². The molecule has 0 amide bonds. The van der Waals surface area contributed by atoms with Crippen LogP contribution in [0, 0.1) is 11.8 Å². The molecule has 7 heteroatoms. The monoisotopic (exact) mass is 468 g/mol. The summed E-state index contributed by atoms with van der Waals surface area (Å²) in [7, 11) is -0.320. The van der Waals surface area contributed by atoms with Crippen molar-refractivity contribution in [2.24, 2.45) is 11.8 Å². The molecule has 0 aliphatic carbocycles. The largest absolute Gasteiger partial charge is 0.308 e. The fourth-order valence-corrected chi connectivity index (χ4v) is 8.52. The van der Waals surface area contributed by atoms with Crippen LogP contribution < -0.4 is 0 Å². The number of rotatable bonds is 9. The normalized spacial score (nSPS) is 26.8. The van der Waals surface area contributed by atoms with Crippen LogP contribution in [0.5, 0.6) is 0 Å².